The van der Waals surface area contributed by atoms with Crippen LogP contribution in [0.3, 0.4) is 0 Å². The molecule has 1 atom stereocenters. The molecule has 2 aromatic carbocycles. The van der Waals surface area contributed by atoms with Gasteiger partial charge >= 0.3 is 0 Å². The molecule has 0 amide bonds. The molecule has 1 unspecified atom stereocenters. The summed E-state index contributed by atoms with van der Waals surface area (Å²) < 4.78 is 5.27. The van der Waals surface area contributed by atoms with Crippen molar-refractivity contribution in [1.29, 1.82) is 0 Å². The van der Waals surface area contributed by atoms with E-state index in [2.05, 4.69) is 36.4 Å². The van der Waals surface area contributed by atoms with E-state index in [1.807, 2.05) is 12.1 Å². The van der Waals surface area contributed by atoms with Crippen LogP contribution in [0.1, 0.15) is 47.9 Å². The summed E-state index contributed by atoms with van der Waals surface area (Å²) in [6.45, 7) is 0. The fourth-order valence-corrected chi connectivity index (χ4v) is 2.96. The fraction of sp³-hybridized carbons (Fsp3) is 0.368. The van der Waals surface area contributed by atoms with Gasteiger partial charge in [-0.15, -0.1) is 0 Å². The molecular formula is C19H23NO. The van der Waals surface area contributed by atoms with Gasteiger partial charge in [0.25, 0.3) is 0 Å². The quantitative estimate of drug-likeness (QED) is 0.891. The van der Waals surface area contributed by atoms with Crippen LogP contribution in [0.15, 0.2) is 48.5 Å². The van der Waals surface area contributed by atoms with Crippen molar-refractivity contribution in [3.63, 3.8) is 0 Å². The molecule has 0 spiro atoms. The summed E-state index contributed by atoms with van der Waals surface area (Å²) in [4.78, 5) is 0. The second kappa shape index (κ2) is 6.31. The molecular weight excluding hydrogens is 258 g/mol. The first-order valence-electron chi connectivity index (χ1n) is 7.74. The molecule has 1 saturated carbocycles. The Morgan fingerprint density at radius 1 is 1.14 bits per heavy atom. The molecule has 0 saturated heterocycles. The van der Waals surface area contributed by atoms with E-state index in [0.29, 0.717) is 0 Å². The van der Waals surface area contributed by atoms with E-state index in [1.54, 1.807) is 7.11 Å². The summed E-state index contributed by atoms with van der Waals surface area (Å²) >= 11 is 0. The van der Waals surface area contributed by atoms with Crippen molar-refractivity contribution < 1.29 is 4.74 Å². The van der Waals surface area contributed by atoms with E-state index in [-0.39, 0.29) is 6.04 Å². The van der Waals surface area contributed by atoms with Crippen molar-refractivity contribution in [2.24, 2.45) is 5.73 Å². The second-order valence-corrected chi connectivity index (χ2v) is 5.96. The van der Waals surface area contributed by atoms with Gasteiger partial charge in [0, 0.05) is 6.04 Å². The molecule has 0 bridgehead atoms. The van der Waals surface area contributed by atoms with Crippen LogP contribution in [0.4, 0.5) is 0 Å². The van der Waals surface area contributed by atoms with Crippen molar-refractivity contribution in [2.45, 2.75) is 37.6 Å². The zero-order valence-corrected chi connectivity index (χ0v) is 12.6. The summed E-state index contributed by atoms with van der Waals surface area (Å²) in [5.74, 6) is 1.65. The highest BCUT2D eigenvalue weighted by Crippen LogP contribution is 2.37. The van der Waals surface area contributed by atoms with E-state index in [9.17, 15) is 0 Å². The van der Waals surface area contributed by atoms with Gasteiger partial charge in [0.15, 0.2) is 0 Å². The van der Waals surface area contributed by atoms with E-state index < -0.39 is 0 Å². The summed E-state index contributed by atoms with van der Waals surface area (Å²) in [5.41, 5.74) is 10.3. The van der Waals surface area contributed by atoms with Crippen LogP contribution >= 0.6 is 0 Å². The molecule has 0 heterocycles. The summed E-state index contributed by atoms with van der Waals surface area (Å²) in [7, 11) is 1.70. The minimum atomic E-state index is 0.0390. The van der Waals surface area contributed by atoms with Crippen LogP contribution in [-0.4, -0.2) is 7.11 Å². The molecule has 0 aliphatic heterocycles. The highest BCUT2D eigenvalue weighted by atomic mass is 16.5. The Morgan fingerprint density at radius 2 is 1.95 bits per heavy atom. The van der Waals surface area contributed by atoms with Gasteiger partial charge in [-0.3, -0.25) is 0 Å². The Hall–Kier alpha value is -1.80. The Morgan fingerprint density at radius 3 is 2.67 bits per heavy atom. The lowest BCUT2D eigenvalue weighted by Gasteiger charge is -2.26. The number of hydrogen-bond acceptors (Lipinski definition) is 2. The zero-order valence-electron chi connectivity index (χ0n) is 12.6. The molecule has 1 aliphatic carbocycles. The third kappa shape index (κ3) is 3.27. The molecule has 1 aliphatic rings. The Balaban J connectivity index is 1.73. The van der Waals surface area contributed by atoms with E-state index in [0.717, 1.165) is 18.1 Å². The van der Waals surface area contributed by atoms with E-state index >= 15 is 0 Å². The molecule has 0 aromatic heterocycles. The Bertz CT molecular complexity index is 604. The van der Waals surface area contributed by atoms with Crippen LogP contribution in [0, 0.1) is 0 Å². The molecule has 0 radical (unpaired) electrons. The maximum atomic E-state index is 6.41. The number of ether oxygens (including phenoxy) is 1. The highest BCUT2D eigenvalue weighted by Gasteiger charge is 2.20. The topological polar surface area (TPSA) is 35.2 Å². The third-order valence-electron chi connectivity index (χ3n) is 4.51. The van der Waals surface area contributed by atoms with Crippen LogP contribution in [0.5, 0.6) is 5.75 Å². The zero-order chi connectivity index (χ0) is 14.7. The molecule has 3 rings (SSSR count). The average molecular weight is 281 g/mol. The monoisotopic (exact) mass is 281 g/mol. The van der Waals surface area contributed by atoms with Crippen LogP contribution in [0.2, 0.25) is 0 Å². The van der Waals surface area contributed by atoms with Gasteiger partial charge in [0.05, 0.1) is 7.11 Å². The predicted octanol–water partition coefficient (Wildman–Crippen LogP) is 4.21. The first kappa shape index (κ1) is 14.2. The van der Waals surface area contributed by atoms with Crippen molar-refractivity contribution in [3.8, 4) is 5.75 Å². The summed E-state index contributed by atoms with van der Waals surface area (Å²) in [6.07, 6.45) is 4.86. The second-order valence-electron chi connectivity index (χ2n) is 5.96. The average Bonchev–Trinajstić information content (AvgIpc) is 2.46. The molecule has 2 N–H and O–H groups in total. The van der Waals surface area contributed by atoms with Gasteiger partial charge in [-0.1, -0.05) is 42.8 Å². The van der Waals surface area contributed by atoms with Crippen molar-refractivity contribution in [3.05, 3.63) is 65.2 Å². The SMILES string of the molecule is COc1cccc(CC(N)c2cccc(C3CCC3)c2)c1. The van der Waals surface area contributed by atoms with Crippen molar-refractivity contribution in [1.82, 2.24) is 0 Å². The fourth-order valence-electron chi connectivity index (χ4n) is 2.96. The lowest BCUT2D eigenvalue weighted by atomic mass is 9.79. The summed E-state index contributed by atoms with van der Waals surface area (Å²) in [5, 5.41) is 0. The van der Waals surface area contributed by atoms with Gasteiger partial charge in [0.2, 0.25) is 0 Å². The maximum Gasteiger partial charge on any atom is 0.119 e. The lowest BCUT2D eigenvalue weighted by Crippen LogP contribution is -2.15. The van der Waals surface area contributed by atoms with Crippen LogP contribution in [-0.2, 0) is 6.42 Å². The molecule has 110 valence electrons. The van der Waals surface area contributed by atoms with Gasteiger partial charge in [-0.2, -0.15) is 0 Å². The first-order chi connectivity index (χ1) is 10.3. The Labute approximate surface area is 126 Å². The number of methoxy groups -OCH3 is 1. The Kier molecular flexibility index (Phi) is 4.26. The van der Waals surface area contributed by atoms with Gasteiger partial charge < -0.3 is 10.5 Å². The van der Waals surface area contributed by atoms with Gasteiger partial charge in [-0.25, -0.2) is 0 Å². The normalized spacial score (nSPS) is 16.3. The summed E-state index contributed by atoms with van der Waals surface area (Å²) in [6, 6.07) is 17.0. The molecule has 2 heteroatoms. The molecule has 1 fully saturated rings. The third-order valence-corrected chi connectivity index (χ3v) is 4.51. The lowest BCUT2D eigenvalue weighted by molar-refractivity contribution is 0.414. The molecule has 21 heavy (non-hydrogen) atoms. The minimum absolute atomic E-state index is 0.0390. The highest BCUT2D eigenvalue weighted by molar-refractivity contribution is 5.33. The van der Waals surface area contributed by atoms with Crippen LogP contribution in [0.25, 0.3) is 0 Å². The predicted molar refractivity (Wildman–Crippen MR) is 86.7 cm³/mol. The number of nitrogens with two attached hydrogens (primary N) is 1. The standard InChI is InChI=1S/C19H23NO/c1-21-18-10-2-5-14(11-18)12-19(20)17-9-4-8-16(13-17)15-6-3-7-15/h2,4-5,8-11,13,15,19H,3,6-7,12,20H2,1H3. The van der Waals surface area contributed by atoms with Gasteiger partial charge in [0.1, 0.15) is 5.75 Å². The molecule has 2 aromatic rings. The largest absolute Gasteiger partial charge is 0.497 e. The van der Waals surface area contributed by atoms with Crippen molar-refractivity contribution in [2.75, 3.05) is 7.11 Å². The first-order valence-corrected chi connectivity index (χ1v) is 7.74. The van der Waals surface area contributed by atoms with Crippen molar-refractivity contribution >= 4 is 0 Å². The van der Waals surface area contributed by atoms with E-state index in [1.165, 1.54) is 36.0 Å². The number of benzene rings is 2. The van der Waals surface area contributed by atoms with E-state index in [4.69, 9.17) is 10.5 Å². The number of hydrogen-bond donors (Lipinski definition) is 1. The smallest absolute Gasteiger partial charge is 0.119 e. The maximum absolute atomic E-state index is 6.41. The minimum Gasteiger partial charge on any atom is -0.497 e. The molecule has 2 nitrogen and oxygen atoms in total. The van der Waals surface area contributed by atoms with Gasteiger partial charge in [-0.05, 0) is 54.0 Å². The number of rotatable bonds is 5. The van der Waals surface area contributed by atoms with Crippen LogP contribution < -0.4 is 10.5 Å².